The molecule has 2 aromatic carbocycles. The molecule has 0 saturated heterocycles. The van der Waals surface area contributed by atoms with E-state index < -0.39 is 0 Å². The number of nitrogens with zero attached hydrogens (tertiary/aromatic N) is 2. The number of ether oxygens (including phenoxy) is 1. The number of hydrogen-bond donors (Lipinski definition) is 1. The molecule has 5 nitrogen and oxygen atoms in total. The fraction of sp³-hybridized carbons (Fsp3) is 0.391. The molecule has 2 atom stereocenters. The van der Waals surface area contributed by atoms with Gasteiger partial charge in [0.25, 0.3) is 5.56 Å². The quantitative estimate of drug-likeness (QED) is 0.733. The van der Waals surface area contributed by atoms with Crippen LogP contribution in [0.2, 0.25) is 0 Å². The predicted octanol–water partition coefficient (Wildman–Crippen LogP) is 3.84. The molecule has 5 heteroatoms. The topological polar surface area (TPSA) is 70.1 Å². The van der Waals surface area contributed by atoms with Crippen LogP contribution in [-0.4, -0.2) is 23.2 Å². The minimum atomic E-state index is 0.0336. The highest BCUT2D eigenvalue weighted by Gasteiger charge is 2.23. The molecule has 146 valence electrons. The molecule has 1 aliphatic carbocycles. The lowest BCUT2D eigenvalue weighted by Gasteiger charge is -2.29. The Morgan fingerprint density at radius 3 is 2.61 bits per heavy atom. The van der Waals surface area contributed by atoms with E-state index in [-0.39, 0.29) is 5.56 Å². The average molecular weight is 377 g/mol. The SMILES string of the molecule is COc1ccc(-c2nc3ccccc3c(=O)n2CC2CCCC(CN)C2)cc1. The number of rotatable bonds is 5. The summed E-state index contributed by atoms with van der Waals surface area (Å²) in [7, 11) is 1.65. The van der Waals surface area contributed by atoms with Gasteiger partial charge >= 0.3 is 0 Å². The molecule has 0 bridgehead atoms. The van der Waals surface area contributed by atoms with Crippen molar-refractivity contribution in [3.63, 3.8) is 0 Å². The Balaban J connectivity index is 1.80. The normalized spacial score (nSPS) is 19.6. The van der Waals surface area contributed by atoms with Crippen molar-refractivity contribution in [1.82, 2.24) is 9.55 Å². The average Bonchev–Trinajstić information content (AvgIpc) is 2.76. The van der Waals surface area contributed by atoms with Gasteiger partial charge in [0, 0.05) is 12.1 Å². The van der Waals surface area contributed by atoms with Crippen LogP contribution in [0.5, 0.6) is 5.75 Å². The number of hydrogen-bond acceptors (Lipinski definition) is 4. The standard InChI is InChI=1S/C23H27N3O2/c1-28-19-11-9-18(10-12-19)22-25-21-8-3-2-7-20(21)23(27)26(22)15-17-6-4-5-16(13-17)14-24/h2-3,7-12,16-17H,4-6,13-15,24H2,1H3. The van der Waals surface area contributed by atoms with Gasteiger partial charge in [-0.1, -0.05) is 18.6 Å². The summed E-state index contributed by atoms with van der Waals surface area (Å²) in [5, 5.41) is 0.672. The zero-order valence-electron chi connectivity index (χ0n) is 16.3. The molecule has 1 aliphatic rings. The van der Waals surface area contributed by atoms with E-state index in [1.165, 1.54) is 12.8 Å². The molecule has 28 heavy (non-hydrogen) atoms. The van der Waals surface area contributed by atoms with Crippen molar-refractivity contribution in [1.29, 1.82) is 0 Å². The zero-order chi connectivity index (χ0) is 19.5. The van der Waals surface area contributed by atoms with Gasteiger partial charge in [0.1, 0.15) is 11.6 Å². The van der Waals surface area contributed by atoms with Crippen molar-refractivity contribution < 1.29 is 4.74 Å². The molecule has 0 spiro atoms. The summed E-state index contributed by atoms with van der Waals surface area (Å²) in [5.41, 5.74) is 7.61. The third-order valence-corrected chi connectivity index (χ3v) is 5.88. The first-order valence-electron chi connectivity index (χ1n) is 10.0. The lowest BCUT2D eigenvalue weighted by atomic mass is 9.81. The molecule has 1 saturated carbocycles. The van der Waals surface area contributed by atoms with Gasteiger partial charge in [-0.25, -0.2) is 4.98 Å². The lowest BCUT2D eigenvalue weighted by Crippen LogP contribution is -2.30. The number of aromatic nitrogens is 2. The summed E-state index contributed by atoms with van der Waals surface area (Å²) in [6, 6.07) is 15.3. The monoisotopic (exact) mass is 377 g/mol. The van der Waals surface area contributed by atoms with Crippen molar-refractivity contribution >= 4 is 10.9 Å². The van der Waals surface area contributed by atoms with Crippen LogP contribution in [0.3, 0.4) is 0 Å². The van der Waals surface area contributed by atoms with Gasteiger partial charge in [-0.3, -0.25) is 9.36 Å². The van der Waals surface area contributed by atoms with Crippen LogP contribution >= 0.6 is 0 Å². The van der Waals surface area contributed by atoms with Crippen molar-refractivity contribution in [2.75, 3.05) is 13.7 Å². The van der Waals surface area contributed by atoms with E-state index in [0.29, 0.717) is 23.8 Å². The predicted molar refractivity (Wildman–Crippen MR) is 112 cm³/mol. The molecule has 0 aliphatic heterocycles. The molecule has 4 rings (SSSR count). The second kappa shape index (κ2) is 8.15. The van der Waals surface area contributed by atoms with E-state index in [4.69, 9.17) is 15.5 Å². The fourth-order valence-corrected chi connectivity index (χ4v) is 4.34. The highest BCUT2D eigenvalue weighted by atomic mass is 16.5. The fourth-order valence-electron chi connectivity index (χ4n) is 4.34. The highest BCUT2D eigenvalue weighted by Crippen LogP contribution is 2.31. The van der Waals surface area contributed by atoms with E-state index in [1.807, 2.05) is 53.1 Å². The van der Waals surface area contributed by atoms with Crippen LogP contribution in [0.15, 0.2) is 53.3 Å². The van der Waals surface area contributed by atoms with Crippen molar-refractivity contribution in [2.24, 2.45) is 17.6 Å². The molecular weight excluding hydrogens is 350 g/mol. The van der Waals surface area contributed by atoms with E-state index in [1.54, 1.807) is 7.11 Å². The van der Waals surface area contributed by atoms with Crippen LogP contribution in [-0.2, 0) is 6.54 Å². The van der Waals surface area contributed by atoms with Crippen LogP contribution in [0, 0.1) is 11.8 Å². The molecule has 0 radical (unpaired) electrons. The Kier molecular flexibility index (Phi) is 5.44. The number of fused-ring (bicyclic) bond motifs is 1. The number of benzene rings is 2. The molecule has 2 N–H and O–H groups in total. The molecule has 1 fully saturated rings. The number of para-hydroxylation sites is 1. The van der Waals surface area contributed by atoms with Crippen LogP contribution in [0.25, 0.3) is 22.3 Å². The van der Waals surface area contributed by atoms with E-state index in [2.05, 4.69) is 0 Å². The third-order valence-electron chi connectivity index (χ3n) is 5.88. The van der Waals surface area contributed by atoms with Gasteiger partial charge < -0.3 is 10.5 Å². The van der Waals surface area contributed by atoms with Gasteiger partial charge in [0.15, 0.2) is 0 Å². The second-order valence-corrected chi connectivity index (χ2v) is 7.73. The third kappa shape index (κ3) is 3.67. The molecule has 1 aromatic heterocycles. The van der Waals surface area contributed by atoms with Crippen LogP contribution in [0.4, 0.5) is 0 Å². The van der Waals surface area contributed by atoms with Crippen LogP contribution < -0.4 is 16.0 Å². The lowest BCUT2D eigenvalue weighted by molar-refractivity contribution is 0.246. The Morgan fingerprint density at radius 1 is 1.11 bits per heavy atom. The first-order valence-corrected chi connectivity index (χ1v) is 10.0. The number of methoxy groups -OCH3 is 1. The largest absolute Gasteiger partial charge is 0.497 e. The first-order chi connectivity index (χ1) is 13.7. The van der Waals surface area contributed by atoms with Crippen molar-refractivity contribution in [3.8, 4) is 17.1 Å². The molecule has 3 aromatic rings. The Morgan fingerprint density at radius 2 is 1.86 bits per heavy atom. The smallest absolute Gasteiger partial charge is 0.261 e. The Labute approximate surface area is 165 Å². The Hall–Kier alpha value is -2.66. The maximum atomic E-state index is 13.3. The van der Waals surface area contributed by atoms with E-state index >= 15 is 0 Å². The maximum Gasteiger partial charge on any atom is 0.261 e. The van der Waals surface area contributed by atoms with Crippen molar-refractivity contribution in [2.45, 2.75) is 32.2 Å². The summed E-state index contributed by atoms with van der Waals surface area (Å²) in [6.45, 7) is 1.42. The second-order valence-electron chi connectivity index (χ2n) is 7.73. The molecule has 1 heterocycles. The Bertz CT molecular complexity index is 1010. The summed E-state index contributed by atoms with van der Waals surface area (Å²) in [5.74, 6) is 2.53. The first kappa shape index (κ1) is 18.7. The molecule has 0 amide bonds. The summed E-state index contributed by atoms with van der Waals surface area (Å²) in [4.78, 5) is 18.2. The van der Waals surface area contributed by atoms with Gasteiger partial charge in [0.2, 0.25) is 0 Å². The van der Waals surface area contributed by atoms with Gasteiger partial charge in [0.05, 0.1) is 18.0 Å². The minimum absolute atomic E-state index is 0.0336. The van der Waals surface area contributed by atoms with Gasteiger partial charge in [-0.15, -0.1) is 0 Å². The van der Waals surface area contributed by atoms with Crippen molar-refractivity contribution in [3.05, 3.63) is 58.9 Å². The number of nitrogens with two attached hydrogens (primary N) is 1. The van der Waals surface area contributed by atoms with Gasteiger partial charge in [-0.2, -0.15) is 0 Å². The van der Waals surface area contributed by atoms with E-state index in [0.717, 1.165) is 42.0 Å². The highest BCUT2D eigenvalue weighted by molar-refractivity contribution is 5.79. The summed E-state index contributed by atoms with van der Waals surface area (Å²) >= 11 is 0. The minimum Gasteiger partial charge on any atom is -0.497 e. The maximum absolute atomic E-state index is 13.3. The molecular formula is C23H27N3O2. The van der Waals surface area contributed by atoms with E-state index in [9.17, 15) is 4.79 Å². The summed E-state index contributed by atoms with van der Waals surface area (Å²) in [6.07, 6.45) is 4.60. The van der Waals surface area contributed by atoms with Crippen LogP contribution in [0.1, 0.15) is 25.7 Å². The summed E-state index contributed by atoms with van der Waals surface area (Å²) < 4.78 is 7.14. The molecule has 2 unspecified atom stereocenters. The van der Waals surface area contributed by atoms with Gasteiger partial charge in [-0.05, 0) is 74.0 Å². The zero-order valence-corrected chi connectivity index (χ0v) is 16.3.